The first-order valence-corrected chi connectivity index (χ1v) is 10.5. The number of nitrogens with zero attached hydrogens (tertiary/aromatic N) is 1. The van der Waals surface area contributed by atoms with Crippen LogP contribution in [0.3, 0.4) is 0 Å². The molecule has 3 rings (SSSR count). The van der Waals surface area contributed by atoms with Crippen LogP contribution in [0.4, 0.5) is 10.1 Å². The fourth-order valence-electron chi connectivity index (χ4n) is 2.93. The van der Waals surface area contributed by atoms with Crippen LogP contribution in [0.15, 0.2) is 47.4 Å². The molecule has 0 radical (unpaired) electrons. The lowest BCUT2D eigenvalue weighted by Crippen LogP contribution is -2.41. The van der Waals surface area contributed by atoms with Gasteiger partial charge in [0.2, 0.25) is 15.9 Å². The Morgan fingerprint density at radius 1 is 1.07 bits per heavy atom. The Labute approximate surface area is 167 Å². The van der Waals surface area contributed by atoms with E-state index in [-0.39, 0.29) is 34.8 Å². The van der Waals surface area contributed by atoms with Gasteiger partial charge in [-0.25, -0.2) is 12.8 Å². The van der Waals surface area contributed by atoms with E-state index in [1.807, 2.05) is 0 Å². The fourth-order valence-corrected chi connectivity index (χ4v) is 4.71. The molecule has 1 heterocycles. The predicted octanol–water partition coefficient (Wildman–Crippen LogP) is 4.17. The van der Waals surface area contributed by atoms with Gasteiger partial charge in [0.1, 0.15) is 5.82 Å². The van der Waals surface area contributed by atoms with Gasteiger partial charge >= 0.3 is 0 Å². The normalized spacial score (nSPS) is 16.3. The zero-order valence-electron chi connectivity index (χ0n) is 14.2. The molecule has 27 heavy (non-hydrogen) atoms. The summed E-state index contributed by atoms with van der Waals surface area (Å²) in [6, 6.07) is 9.95. The molecule has 0 spiro atoms. The monoisotopic (exact) mass is 430 g/mol. The van der Waals surface area contributed by atoms with E-state index in [1.165, 1.54) is 46.8 Å². The summed E-state index contributed by atoms with van der Waals surface area (Å²) in [5.74, 6) is -1.12. The molecule has 1 fully saturated rings. The predicted molar refractivity (Wildman–Crippen MR) is 103 cm³/mol. The third-order valence-electron chi connectivity index (χ3n) is 4.46. The Balaban J connectivity index is 1.61. The van der Waals surface area contributed by atoms with Crippen molar-refractivity contribution >= 4 is 44.8 Å². The minimum atomic E-state index is -3.61. The van der Waals surface area contributed by atoms with Crippen molar-refractivity contribution in [1.82, 2.24) is 4.31 Å². The molecule has 0 atom stereocenters. The lowest BCUT2D eigenvalue weighted by molar-refractivity contribution is -0.120. The van der Waals surface area contributed by atoms with Crippen LogP contribution in [0.1, 0.15) is 12.8 Å². The average molecular weight is 431 g/mol. The third kappa shape index (κ3) is 4.60. The molecule has 144 valence electrons. The number of carbonyl (C=O) groups is 1. The number of sulfonamides is 1. The second kappa shape index (κ2) is 8.14. The van der Waals surface area contributed by atoms with E-state index < -0.39 is 15.8 Å². The summed E-state index contributed by atoms with van der Waals surface area (Å²) in [6.45, 7) is 0.487. The van der Waals surface area contributed by atoms with Crippen LogP contribution in [0, 0.1) is 11.7 Å². The maximum absolute atomic E-state index is 13.2. The Morgan fingerprint density at radius 2 is 1.70 bits per heavy atom. The van der Waals surface area contributed by atoms with Crippen molar-refractivity contribution in [3.63, 3.8) is 0 Å². The number of piperidine rings is 1. The molecule has 2 aromatic carbocycles. The lowest BCUT2D eigenvalue weighted by Gasteiger charge is -2.30. The van der Waals surface area contributed by atoms with Crippen LogP contribution < -0.4 is 5.32 Å². The second-order valence-corrected chi connectivity index (χ2v) is 9.03. The maximum Gasteiger partial charge on any atom is 0.243 e. The first kappa shape index (κ1) is 20.1. The maximum atomic E-state index is 13.2. The van der Waals surface area contributed by atoms with Gasteiger partial charge in [-0.1, -0.05) is 23.2 Å². The van der Waals surface area contributed by atoms with Gasteiger partial charge in [-0.15, -0.1) is 0 Å². The molecular weight excluding hydrogens is 414 g/mol. The molecule has 0 aliphatic carbocycles. The second-order valence-electron chi connectivity index (χ2n) is 6.25. The molecule has 0 bridgehead atoms. The first-order chi connectivity index (χ1) is 12.8. The van der Waals surface area contributed by atoms with E-state index in [4.69, 9.17) is 23.2 Å². The van der Waals surface area contributed by atoms with Gasteiger partial charge in [0.15, 0.2) is 0 Å². The lowest BCUT2D eigenvalue weighted by atomic mass is 9.97. The van der Waals surface area contributed by atoms with Gasteiger partial charge in [-0.05, 0) is 55.3 Å². The SMILES string of the molecule is O=C(Nc1ccc(F)c(Cl)c1)C1CCN(S(=O)(=O)c2ccc(Cl)cc2)CC1. The summed E-state index contributed by atoms with van der Waals surface area (Å²) in [6.07, 6.45) is 0.793. The molecule has 1 aliphatic rings. The summed E-state index contributed by atoms with van der Waals surface area (Å²) in [5, 5.41) is 3.09. The van der Waals surface area contributed by atoms with Gasteiger partial charge in [-0.3, -0.25) is 4.79 Å². The van der Waals surface area contributed by atoms with Crippen molar-refractivity contribution in [3.05, 3.63) is 58.3 Å². The molecule has 1 N–H and O–H groups in total. The number of nitrogens with one attached hydrogen (secondary N) is 1. The molecule has 0 aromatic heterocycles. The molecule has 9 heteroatoms. The quantitative estimate of drug-likeness (QED) is 0.790. The summed E-state index contributed by atoms with van der Waals surface area (Å²) in [7, 11) is -3.61. The molecule has 5 nitrogen and oxygen atoms in total. The number of benzene rings is 2. The standard InChI is InChI=1S/C18H17Cl2FN2O3S/c19-13-1-4-15(5-2-13)27(25,26)23-9-7-12(8-10-23)18(24)22-14-3-6-17(21)16(20)11-14/h1-6,11-12H,7-10H2,(H,22,24). The van der Waals surface area contributed by atoms with Crippen molar-refractivity contribution in [2.75, 3.05) is 18.4 Å². The zero-order chi connectivity index (χ0) is 19.6. The van der Waals surface area contributed by atoms with Gasteiger partial charge in [0.05, 0.1) is 9.92 Å². The summed E-state index contributed by atoms with van der Waals surface area (Å²) >= 11 is 11.5. The van der Waals surface area contributed by atoms with Crippen LogP contribution in [-0.2, 0) is 14.8 Å². The van der Waals surface area contributed by atoms with E-state index in [9.17, 15) is 17.6 Å². The van der Waals surface area contributed by atoms with Gasteiger partial charge in [0.25, 0.3) is 0 Å². The van der Waals surface area contributed by atoms with E-state index in [0.717, 1.165) is 0 Å². The highest BCUT2D eigenvalue weighted by atomic mass is 35.5. The van der Waals surface area contributed by atoms with E-state index in [0.29, 0.717) is 23.6 Å². The number of hydrogen-bond donors (Lipinski definition) is 1. The Hall–Kier alpha value is -1.67. The average Bonchev–Trinajstić information content (AvgIpc) is 2.65. The summed E-state index contributed by atoms with van der Waals surface area (Å²) in [4.78, 5) is 12.6. The van der Waals surface area contributed by atoms with Crippen molar-refractivity contribution in [3.8, 4) is 0 Å². The number of anilines is 1. The number of rotatable bonds is 4. The zero-order valence-corrected chi connectivity index (χ0v) is 16.5. The van der Waals surface area contributed by atoms with Crippen LogP contribution >= 0.6 is 23.2 Å². The van der Waals surface area contributed by atoms with Crippen molar-refractivity contribution in [1.29, 1.82) is 0 Å². The van der Waals surface area contributed by atoms with E-state index in [1.54, 1.807) is 0 Å². The van der Waals surface area contributed by atoms with Gasteiger partial charge in [-0.2, -0.15) is 4.31 Å². The molecule has 1 saturated heterocycles. The Morgan fingerprint density at radius 3 is 2.30 bits per heavy atom. The van der Waals surface area contributed by atoms with Gasteiger partial charge in [0, 0.05) is 29.7 Å². The highest BCUT2D eigenvalue weighted by Gasteiger charge is 2.32. The molecule has 0 unspecified atom stereocenters. The Kier molecular flexibility index (Phi) is 6.05. The van der Waals surface area contributed by atoms with Crippen molar-refractivity contribution < 1.29 is 17.6 Å². The van der Waals surface area contributed by atoms with Crippen LogP contribution in [0.5, 0.6) is 0 Å². The summed E-state index contributed by atoms with van der Waals surface area (Å²) < 4.78 is 39.9. The molecule has 0 saturated carbocycles. The number of carbonyl (C=O) groups excluding carboxylic acids is 1. The first-order valence-electron chi connectivity index (χ1n) is 8.29. The van der Waals surface area contributed by atoms with Crippen molar-refractivity contribution in [2.45, 2.75) is 17.7 Å². The molecule has 1 amide bonds. The van der Waals surface area contributed by atoms with E-state index in [2.05, 4.69) is 5.32 Å². The number of hydrogen-bond acceptors (Lipinski definition) is 3. The van der Waals surface area contributed by atoms with Gasteiger partial charge < -0.3 is 5.32 Å². The number of halogens is 3. The van der Waals surface area contributed by atoms with Crippen LogP contribution in [0.2, 0.25) is 10.0 Å². The van der Waals surface area contributed by atoms with Crippen molar-refractivity contribution in [2.24, 2.45) is 5.92 Å². The largest absolute Gasteiger partial charge is 0.326 e. The minimum absolute atomic E-state index is 0.0725. The van der Waals surface area contributed by atoms with E-state index >= 15 is 0 Å². The molecule has 1 aliphatic heterocycles. The molecule has 2 aromatic rings. The molecular formula is C18H17Cl2FN2O3S. The smallest absolute Gasteiger partial charge is 0.243 e. The highest BCUT2D eigenvalue weighted by molar-refractivity contribution is 7.89. The number of amides is 1. The highest BCUT2D eigenvalue weighted by Crippen LogP contribution is 2.26. The third-order valence-corrected chi connectivity index (χ3v) is 6.92. The topological polar surface area (TPSA) is 66.5 Å². The minimum Gasteiger partial charge on any atom is -0.326 e. The van der Waals surface area contributed by atoms with Crippen LogP contribution in [-0.4, -0.2) is 31.7 Å². The van der Waals surface area contributed by atoms with Crippen LogP contribution in [0.25, 0.3) is 0 Å². The summed E-state index contributed by atoms with van der Waals surface area (Å²) in [5.41, 5.74) is 0.405. The fraction of sp³-hybridized carbons (Fsp3) is 0.278. The Bertz CT molecular complexity index is 944.